The van der Waals surface area contributed by atoms with E-state index in [1.807, 2.05) is 50.2 Å². The number of amides is 2. The molecule has 0 saturated heterocycles. The van der Waals surface area contributed by atoms with Crippen LogP contribution in [0.1, 0.15) is 41.9 Å². The number of ether oxygens (including phenoxy) is 1. The predicted octanol–water partition coefficient (Wildman–Crippen LogP) is 5.03. The molecule has 33 heavy (non-hydrogen) atoms. The zero-order valence-electron chi connectivity index (χ0n) is 18.8. The number of hydrazone groups is 1. The van der Waals surface area contributed by atoms with Gasteiger partial charge in [0.25, 0.3) is 0 Å². The fraction of sp³-hybridized carbons (Fsp3) is 0.240. The second-order valence-electron chi connectivity index (χ2n) is 7.46. The quantitative estimate of drug-likeness (QED) is 0.231. The van der Waals surface area contributed by atoms with Crippen LogP contribution in [0.25, 0.3) is 5.69 Å². The molecule has 0 aliphatic rings. The Morgan fingerprint density at radius 2 is 1.82 bits per heavy atom. The fourth-order valence-corrected chi connectivity index (χ4v) is 3.92. The first-order chi connectivity index (χ1) is 15.9. The van der Waals surface area contributed by atoms with Crippen molar-refractivity contribution >= 4 is 40.8 Å². The maximum absolute atomic E-state index is 12.5. The van der Waals surface area contributed by atoms with E-state index in [9.17, 15) is 9.59 Å². The summed E-state index contributed by atoms with van der Waals surface area (Å²) in [4.78, 5) is 24.5. The smallest absolute Gasteiger partial charge is 0.407 e. The van der Waals surface area contributed by atoms with Crippen molar-refractivity contribution in [3.8, 4) is 5.69 Å². The van der Waals surface area contributed by atoms with Crippen LogP contribution in [0.4, 0.5) is 4.79 Å². The van der Waals surface area contributed by atoms with E-state index in [0.29, 0.717) is 0 Å². The van der Waals surface area contributed by atoms with Crippen molar-refractivity contribution in [2.45, 2.75) is 33.2 Å². The monoisotopic (exact) mass is 558 g/mol. The summed E-state index contributed by atoms with van der Waals surface area (Å²) in [5.74, 6) is -0.316. The number of aryl methyl sites for hydroxylation is 1. The number of benzene rings is 2. The Hall–Kier alpha value is -3.14. The summed E-state index contributed by atoms with van der Waals surface area (Å²) in [5.41, 5.74) is 7.46. The van der Waals surface area contributed by atoms with Gasteiger partial charge in [-0.2, -0.15) is 5.10 Å². The van der Waals surface area contributed by atoms with Crippen LogP contribution in [0.2, 0.25) is 0 Å². The molecule has 2 aromatic carbocycles. The summed E-state index contributed by atoms with van der Waals surface area (Å²) in [5, 5.41) is 6.88. The van der Waals surface area contributed by atoms with Crippen LogP contribution in [0, 0.1) is 17.4 Å². The van der Waals surface area contributed by atoms with E-state index < -0.39 is 12.1 Å². The number of nitrogens with one attached hydrogen (secondary N) is 2. The maximum atomic E-state index is 12.5. The van der Waals surface area contributed by atoms with Gasteiger partial charge in [-0.1, -0.05) is 30.3 Å². The van der Waals surface area contributed by atoms with Crippen LogP contribution >= 0.6 is 22.6 Å². The van der Waals surface area contributed by atoms with Crippen molar-refractivity contribution in [3.63, 3.8) is 0 Å². The standard InChI is InChI=1S/C25H27IN4O3/c1-4-33-25(32)28-23(19-8-6-5-7-9-19)15-24(31)29-27-16-20-14-17(2)30(18(20)3)22-12-10-21(26)11-13-22/h5-14,16,23H,4,15H2,1-3H3,(H,28,32)(H,29,31)/b27-16-/t23-/m1/s1. The van der Waals surface area contributed by atoms with Gasteiger partial charge in [-0.05, 0) is 79.3 Å². The van der Waals surface area contributed by atoms with Crippen LogP contribution in [-0.4, -0.2) is 29.4 Å². The molecule has 8 heteroatoms. The average Bonchev–Trinajstić information content (AvgIpc) is 3.08. The lowest BCUT2D eigenvalue weighted by molar-refractivity contribution is -0.121. The van der Waals surface area contributed by atoms with Gasteiger partial charge >= 0.3 is 6.09 Å². The lowest BCUT2D eigenvalue weighted by Crippen LogP contribution is -2.33. The largest absolute Gasteiger partial charge is 0.450 e. The van der Waals surface area contributed by atoms with Crippen LogP contribution in [0.15, 0.2) is 65.8 Å². The number of nitrogens with zero attached hydrogens (tertiary/aromatic N) is 2. The van der Waals surface area contributed by atoms with Gasteiger partial charge in [-0.25, -0.2) is 10.2 Å². The van der Waals surface area contributed by atoms with Crippen LogP contribution in [0.5, 0.6) is 0 Å². The van der Waals surface area contributed by atoms with Crippen LogP contribution < -0.4 is 10.7 Å². The van der Waals surface area contributed by atoms with Gasteiger partial charge in [0.05, 0.1) is 25.3 Å². The molecule has 0 saturated carbocycles. The molecule has 1 heterocycles. The Morgan fingerprint density at radius 3 is 2.48 bits per heavy atom. The van der Waals surface area contributed by atoms with Gasteiger partial charge in [-0.3, -0.25) is 4.79 Å². The highest BCUT2D eigenvalue weighted by Gasteiger charge is 2.19. The summed E-state index contributed by atoms with van der Waals surface area (Å²) in [6, 6.07) is 19.1. The van der Waals surface area contributed by atoms with Crippen LogP contribution in [0.3, 0.4) is 0 Å². The lowest BCUT2D eigenvalue weighted by Gasteiger charge is -2.18. The number of carbonyl (C=O) groups excluding carboxylic acids is 2. The zero-order chi connectivity index (χ0) is 23.8. The molecule has 0 fully saturated rings. The molecule has 1 atom stereocenters. The minimum atomic E-state index is -0.564. The third-order valence-electron chi connectivity index (χ3n) is 5.11. The third kappa shape index (κ3) is 6.67. The molecule has 0 radical (unpaired) electrons. The Labute approximate surface area is 207 Å². The number of halogens is 1. The van der Waals surface area contributed by atoms with Crippen molar-refractivity contribution in [2.24, 2.45) is 5.10 Å². The van der Waals surface area contributed by atoms with Gasteiger partial charge in [-0.15, -0.1) is 0 Å². The van der Waals surface area contributed by atoms with Gasteiger partial charge in [0.1, 0.15) is 0 Å². The first-order valence-corrected chi connectivity index (χ1v) is 11.7. The van der Waals surface area contributed by atoms with Gasteiger partial charge in [0, 0.05) is 26.2 Å². The summed E-state index contributed by atoms with van der Waals surface area (Å²) in [7, 11) is 0. The number of alkyl carbamates (subject to hydrolysis) is 1. The normalized spacial score (nSPS) is 11.9. The minimum absolute atomic E-state index is 0.0296. The molecule has 0 bridgehead atoms. The van der Waals surface area contributed by atoms with E-state index in [-0.39, 0.29) is 18.9 Å². The third-order valence-corrected chi connectivity index (χ3v) is 5.83. The molecular weight excluding hydrogens is 531 g/mol. The van der Waals surface area contributed by atoms with E-state index in [1.165, 1.54) is 3.57 Å². The van der Waals surface area contributed by atoms with E-state index in [2.05, 4.69) is 67.3 Å². The molecular formula is C25H27IN4O3. The molecule has 3 aromatic rings. The number of rotatable bonds is 8. The van der Waals surface area contributed by atoms with Crippen molar-refractivity contribution in [2.75, 3.05) is 6.61 Å². The molecule has 1 aromatic heterocycles. The van der Waals surface area contributed by atoms with E-state index in [1.54, 1.807) is 13.1 Å². The van der Waals surface area contributed by atoms with Crippen molar-refractivity contribution in [1.82, 2.24) is 15.3 Å². The Bertz CT molecular complexity index is 1120. The number of hydrogen-bond donors (Lipinski definition) is 2. The Kier molecular flexibility index (Phi) is 8.65. The molecule has 2 amide bonds. The Balaban J connectivity index is 1.68. The maximum Gasteiger partial charge on any atom is 0.407 e. The molecule has 0 aliphatic heterocycles. The molecule has 7 nitrogen and oxygen atoms in total. The first kappa shape index (κ1) is 24.5. The minimum Gasteiger partial charge on any atom is -0.450 e. The SMILES string of the molecule is CCOC(=O)N[C@H](CC(=O)N/N=C\c1cc(C)n(-c2ccc(I)cc2)c1C)c1ccccc1. The second-order valence-corrected chi connectivity index (χ2v) is 8.71. The van der Waals surface area contributed by atoms with E-state index >= 15 is 0 Å². The van der Waals surface area contributed by atoms with E-state index in [0.717, 1.165) is 28.2 Å². The second kappa shape index (κ2) is 11.6. The average molecular weight is 558 g/mol. The summed E-state index contributed by atoms with van der Waals surface area (Å²) >= 11 is 2.28. The topological polar surface area (TPSA) is 84.7 Å². The zero-order valence-corrected chi connectivity index (χ0v) is 21.0. The van der Waals surface area contributed by atoms with Crippen molar-refractivity contribution in [3.05, 3.63) is 86.7 Å². The molecule has 0 unspecified atom stereocenters. The highest BCUT2D eigenvalue weighted by atomic mass is 127. The lowest BCUT2D eigenvalue weighted by atomic mass is 10.0. The van der Waals surface area contributed by atoms with Crippen LogP contribution in [-0.2, 0) is 9.53 Å². The van der Waals surface area contributed by atoms with E-state index in [4.69, 9.17) is 4.74 Å². The van der Waals surface area contributed by atoms with Crippen molar-refractivity contribution < 1.29 is 14.3 Å². The fourth-order valence-electron chi connectivity index (χ4n) is 3.56. The van der Waals surface area contributed by atoms with Gasteiger partial charge < -0.3 is 14.6 Å². The molecule has 3 rings (SSSR count). The molecule has 2 N–H and O–H groups in total. The highest BCUT2D eigenvalue weighted by molar-refractivity contribution is 14.1. The number of hydrogen-bond acceptors (Lipinski definition) is 4. The predicted molar refractivity (Wildman–Crippen MR) is 138 cm³/mol. The number of carbonyl (C=O) groups is 2. The summed E-state index contributed by atoms with van der Waals surface area (Å²) in [6.45, 7) is 6.04. The molecule has 172 valence electrons. The van der Waals surface area contributed by atoms with Crippen molar-refractivity contribution in [1.29, 1.82) is 0 Å². The Morgan fingerprint density at radius 1 is 1.12 bits per heavy atom. The first-order valence-electron chi connectivity index (χ1n) is 10.6. The molecule has 0 aliphatic carbocycles. The van der Waals surface area contributed by atoms with Gasteiger partial charge in [0.15, 0.2) is 0 Å². The highest BCUT2D eigenvalue weighted by Crippen LogP contribution is 2.21. The number of aromatic nitrogens is 1. The van der Waals surface area contributed by atoms with Gasteiger partial charge in [0.2, 0.25) is 5.91 Å². The summed E-state index contributed by atoms with van der Waals surface area (Å²) in [6.07, 6.45) is 1.10. The summed E-state index contributed by atoms with van der Waals surface area (Å²) < 4.78 is 8.29. The molecule has 0 spiro atoms.